The van der Waals surface area contributed by atoms with Crippen molar-refractivity contribution in [3.05, 3.63) is 81.7 Å². The quantitative estimate of drug-likeness (QED) is 0.456. The molecule has 5 rings (SSSR count). The fraction of sp³-hybridized carbons (Fsp3) is 0.240. The molecule has 0 aliphatic heterocycles. The topological polar surface area (TPSA) is 76.0 Å². The summed E-state index contributed by atoms with van der Waals surface area (Å²) in [5, 5.41) is 6.87. The molecule has 1 aliphatic rings. The number of fused-ring (bicyclic) bond motifs is 3. The Labute approximate surface area is 189 Å². The maximum Gasteiger partial charge on any atom is 0.262 e. The number of thiophene rings is 1. The minimum absolute atomic E-state index is 0.0627. The third-order valence-corrected chi connectivity index (χ3v) is 6.99. The molecule has 0 bridgehead atoms. The molecule has 1 unspecified atom stereocenters. The van der Waals surface area contributed by atoms with Gasteiger partial charge in [-0.3, -0.25) is 14.2 Å². The number of carbonyl (C=O) groups excluding carboxylic acids is 1. The van der Waals surface area contributed by atoms with E-state index in [9.17, 15) is 9.59 Å². The molecule has 6 nitrogen and oxygen atoms in total. The predicted octanol–water partition coefficient (Wildman–Crippen LogP) is 4.97. The van der Waals surface area contributed by atoms with Crippen LogP contribution in [0.4, 0.5) is 17.1 Å². The number of nitrogens with one attached hydrogen (secondary N) is 2. The SMILES string of the molecule is CC1CCc2c(sc3ncn(CC(=O)Nc4ccc(Nc5ccccc5)cc4)c(=O)c23)C1. The number of carbonyl (C=O) groups is 1. The highest BCUT2D eigenvalue weighted by Crippen LogP contribution is 2.35. The normalized spacial score (nSPS) is 15.3. The zero-order valence-electron chi connectivity index (χ0n) is 17.8. The van der Waals surface area contributed by atoms with Gasteiger partial charge < -0.3 is 10.6 Å². The van der Waals surface area contributed by atoms with E-state index in [-0.39, 0.29) is 18.0 Å². The molecule has 32 heavy (non-hydrogen) atoms. The van der Waals surface area contributed by atoms with Gasteiger partial charge in [-0.15, -0.1) is 11.3 Å². The van der Waals surface area contributed by atoms with Gasteiger partial charge in [0.15, 0.2) is 0 Å². The van der Waals surface area contributed by atoms with Crippen molar-refractivity contribution in [2.75, 3.05) is 10.6 Å². The standard InChI is InChI=1S/C25H24N4O2S/c1-16-7-12-20-21(13-16)32-24-23(20)25(31)29(15-26-24)14-22(30)28-19-10-8-18(9-11-19)27-17-5-3-2-4-6-17/h2-6,8-11,15-16,27H,7,12-14H2,1H3,(H,28,30). The fourth-order valence-electron chi connectivity index (χ4n) is 4.16. The van der Waals surface area contributed by atoms with E-state index < -0.39 is 0 Å². The number of aryl methyl sites for hydroxylation is 1. The molecule has 0 saturated heterocycles. The molecule has 0 spiro atoms. The number of para-hydroxylation sites is 1. The number of anilines is 3. The first kappa shape index (κ1) is 20.5. The highest BCUT2D eigenvalue weighted by molar-refractivity contribution is 7.18. The molecule has 0 radical (unpaired) electrons. The number of rotatable bonds is 5. The molecule has 1 amide bonds. The molecule has 0 saturated carbocycles. The molecule has 7 heteroatoms. The predicted molar refractivity (Wildman–Crippen MR) is 130 cm³/mol. The average Bonchev–Trinajstić information content (AvgIpc) is 3.16. The molecule has 2 heterocycles. The Kier molecular flexibility index (Phi) is 5.49. The van der Waals surface area contributed by atoms with E-state index in [4.69, 9.17) is 0 Å². The van der Waals surface area contributed by atoms with Crippen LogP contribution in [0, 0.1) is 5.92 Å². The highest BCUT2D eigenvalue weighted by Gasteiger charge is 2.23. The van der Waals surface area contributed by atoms with Gasteiger partial charge in [0, 0.05) is 21.9 Å². The van der Waals surface area contributed by atoms with E-state index in [2.05, 4.69) is 22.5 Å². The Morgan fingerprint density at radius 2 is 1.81 bits per heavy atom. The van der Waals surface area contributed by atoms with Crippen molar-refractivity contribution in [2.24, 2.45) is 5.92 Å². The lowest BCUT2D eigenvalue weighted by molar-refractivity contribution is -0.116. The summed E-state index contributed by atoms with van der Waals surface area (Å²) in [6.45, 7) is 2.18. The highest BCUT2D eigenvalue weighted by atomic mass is 32.1. The first-order valence-corrected chi connectivity index (χ1v) is 11.6. The number of benzene rings is 2. The van der Waals surface area contributed by atoms with Gasteiger partial charge in [-0.05, 0) is 67.1 Å². The van der Waals surface area contributed by atoms with Crippen molar-refractivity contribution in [3.63, 3.8) is 0 Å². The molecule has 2 aromatic carbocycles. The molecular weight excluding hydrogens is 420 g/mol. The van der Waals surface area contributed by atoms with Gasteiger partial charge in [0.1, 0.15) is 11.4 Å². The van der Waals surface area contributed by atoms with Crippen molar-refractivity contribution < 1.29 is 4.79 Å². The van der Waals surface area contributed by atoms with Gasteiger partial charge in [-0.1, -0.05) is 25.1 Å². The number of hydrogen-bond acceptors (Lipinski definition) is 5. The van der Waals surface area contributed by atoms with E-state index >= 15 is 0 Å². The summed E-state index contributed by atoms with van der Waals surface area (Å²) in [4.78, 5) is 32.2. The fourth-order valence-corrected chi connectivity index (χ4v) is 5.50. The van der Waals surface area contributed by atoms with Crippen molar-refractivity contribution in [1.29, 1.82) is 0 Å². The number of amides is 1. The van der Waals surface area contributed by atoms with Crippen LogP contribution >= 0.6 is 11.3 Å². The maximum atomic E-state index is 13.1. The first-order valence-electron chi connectivity index (χ1n) is 10.8. The molecule has 4 aromatic rings. The minimum atomic E-state index is -0.255. The van der Waals surface area contributed by atoms with Crippen LogP contribution in [-0.2, 0) is 24.2 Å². The zero-order chi connectivity index (χ0) is 22.1. The largest absolute Gasteiger partial charge is 0.356 e. The smallest absolute Gasteiger partial charge is 0.262 e. The van der Waals surface area contributed by atoms with Crippen LogP contribution < -0.4 is 16.2 Å². The Hall–Kier alpha value is -3.45. The summed E-state index contributed by atoms with van der Waals surface area (Å²) >= 11 is 1.62. The van der Waals surface area contributed by atoms with E-state index in [1.54, 1.807) is 11.3 Å². The van der Waals surface area contributed by atoms with Gasteiger partial charge in [0.2, 0.25) is 5.91 Å². The molecule has 2 N–H and O–H groups in total. The summed E-state index contributed by atoms with van der Waals surface area (Å²) in [5.74, 6) is 0.382. The third-order valence-electron chi connectivity index (χ3n) is 5.83. The lowest BCUT2D eigenvalue weighted by Crippen LogP contribution is -2.28. The van der Waals surface area contributed by atoms with Crippen molar-refractivity contribution in [3.8, 4) is 0 Å². The van der Waals surface area contributed by atoms with E-state index in [0.717, 1.165) is 41.0 Å². The molecule has 2 aromatic heterocycles. The summed E-state index contributed by atoms with van der Waals surface area (Å²) in [6, 6.07) is 17.4. The van der Waals surface area contributed by atoms with Crippen molar-refractivity contribution in [2.45, 2.75) is 32.7 Å². The van der Waals surface area contributed by atoms with E-state index in [0.29, 0.717) is 17.0 Å². The van der Waals surface area contributed by atoms with Gasteiger partial charge in [0.05, 0.1) is 11.7 Å². The van der Waals surface area contributed by atoms with Crippen molar-refractivity contribution in [1.82, 2.24) is 9.55 Å². The van der Waals surface area contributed by atoms with Crippen LogP contribution in [0.2, 0.25) is 0 Å². The number of nitrogens with zero attached hydrogens (tertiary/aromatic N) is 2. The van der Waals surface area contributed by atoms with Gasteiger partial charge in [-0.25, -0.2) is 4.98 Å². The molecule has 0 fully saturated rings. The molecular formula is C25H24N4O2S. The van der Waals surface area contributed by atoms with Gasteiger partial charge in [0.25, 0.3) is 5.56 Å². The van der Waals surface area contributed by atoms with Crippen LogP contribution in [0.25, 0.3) is 10.2 Å². The second kappa shape index (κ2) is 8.59. The summed E-state index contributed by atoms with van der Waals surface area (Å²) in [5.41, 5.74) is 3.61. The second-order valence-corrected chi connectivity index (χ2v) is 9.41. The first-order chi connectivity index (χ1) is 15.6. The minimum Gasteiger partial charge on any atom is -0.356 e. The zero-order valence-corrected chi connectivity index (χ0v) is 18.6. The van der Waals surface area contributed by atoms with E-state index in [1.165, 1.54) is 15.8 Å². The Bertz CT molecular complexity index is 1330. The van der Waals surface area contributed by atoms with Crippen LogP contribution in [-0.4, -0.2) is 15.5 Å². The summed E-state index contributed by atoms with van der Waals surface area (Å²) in [7, 11) is 0. The Balaban J connectivity index is 1.29. The van der Waals surface area contributed by atoms with Crippen molar-refractivity contribution >= 4 is 44.5 Å². The van der Waals surface area contributed by atoms with Gasteiger partial charge >= 0.3 is 0 Å². The molecule has 1 atom stereocenters. The summed E-state index contributed by atoms with van der Waals surface area (Å²) < 4.78 is 1.41. The molecule has 162 valence electrons. The lowest BCUT2D eigenvalue weighted by Gasteiger charge is -2.17. The number of hydrogen-bond donors (Lipinski definition) is 2. The van der Waals surface area contributed by atoms with Crippen LogP contribution in [0.3, 0.4) is 0 Å². The maximum absolute atomic E-state index is 13.1. The Morgan fingerprint density at radius 1 is 1.09 bits per heavy atom. The van der Waals surface area contributed by atoms with Crippen LogP contribution in [0.15, 0.2) is 65.7 Å². The van der Waals surface area contributed by atoms with Gasteiger partial charge in [-0.2, -0.15) is 0 Å². The van der Waals surface area contributed by atoms with Crippen LogP contribution in [0.1, 0.15) is 23.8 Å². The Morgan fingerprint density at radius 3 is 2.59 bits per heavy atom. The van der Waals surface area contributed by atoms with Crippen LogP contribution in [0.5, 0.6) is 0 Å². The van der Waals surface area contributed by atoms with E-state index in [1.807, 2.05) is 54.6 Å². The monoisotopic (exact) mass is 444 g/mol. The third kappa shape index (κ3) is 4.16. The lowest BCUT2D eigenvalue weighted by atomic mass is 9.89. The second-order valence-electron chi connectivity index (χ2n) is 8.33. The molecule has 1 aliphatic carbocycles. The summed E-state index contributed by atoms with van der Waals surface area (Å²) in [6.07, 6.45) is 4.49. The number of aromatic nitrogens is 2. The average molecular weight is 445 g/mol.